The van der Waals surface area contributed by atoms with E-state index in [-0.39, 0.29) is 5.92 Å². The third-order valence-electron chi connectivity index (χ3n) is 2.77. The monoisotopic (exact) mass is 321 g/mol. The quantitative estimate of drug-likeness (QED) is 0.733. The predicted molar refractivity (Wildman–Crippen MR) is 79.3 cm³/mol. The number of nitrogens with zero attached hydrogens (tertiary/aromatic N) is 5. The van der Waals surface area contributed by atoms with Gasteiger partial charge in [-0.2, -0.15) is 4.98 Å². The Labute approximate surface area is 130 Å². The average Bonchev–Trinajstić information content (AvgIpc) is 3.11. The van der Waals surface area contributed by atoms with Crippen molar-refractivity contribution in [3.63, 3.8) is 0 Å². The van der Waals surface area contributed by atoms with Gasteiger partial charge in [0.2, 0.25) is 0 Å². The van der Waals surface area contributed by atoms with E-state index in [0.29, 0.717) is 34.7 Å². The van der Waals surface area contributed by atoms with Crippen LogP contribution >= 0.6 is 22.9 Å². The summed E-state index contributed by atoms with van der Waals surface area (Å²) in [4.78, 5) is 17.1. The van der Waals surface area contributed by atoms with Gasteiger partial charge in [0.1, 0.15) is 5.82 Å². The highest BCUT2D eigenvalue weighted by atomic mass is 35.5. The van der Waals surface area contributed by atoms with Crippen LogP contribution in [0.2, 0.25) is 5.02 Å². The van der Waals surface area contributed by atoms with Crippen molar-refractivity contribution < 1.29 is 4.52 Å². The average molecular weight is 322 g/mol. The molecule has 0 aliphatic heterocycles. The van der Waals surface area contributed by atoms with Crippen LogP contribution in [0.4, 0.5) is 0 Å². The van der Waals surface area contributed by atoms with E-state index in [1.54, 1.807) is 11.7 Å². The van der Waals surface area contributed by atoms with Crippen LogP contribution in [0.25, 0.3) is 11.6 Å². The van der Waals surface area contributed by atoms with Crippen LogP contribution in [0.15, 0.2) is 21.6 Å². The second kappa shape index (κ2) is 5.87. The van der Waals surface area contributed by atoms with Crippen molar-refractivity contribution in [3.8, 4) is 11.6 Å². The maximum atomic E-state index is 6.12. The van der Waals surface area contributed by atoms with Gasteiger partial charge in [0.05, 0.1) is 28.8 Å². The molecule has 0 spiro atoms. The first-order valence-electron chi connectivity index (χ1n) is 6.36. The van der Waals surface area contributed by atoms with Crippen LogP contribution in [0, 0.1) is 0 Å². The molecule has 0 saturated heterocycles. The summed E-state index contributed by atoms with van der Waals surface area (Å²) >= 11 is 7.65. The molecule has 0 aliphatic carbocycles. The molecule has 0 N–H and O–H groups in total. The van der Waals surface area contributed by atoms with Gasteiger partial charge in [-0.15, -0.1) is 11.3 Å². The van der Waals surface area contributed by atoms with Gasteiger partial charge in [-0.3, -0.25) is 0 Å². The number of thiazole rings is 1. The zero-order chi connectivity index (χ0) is 14.8. The zero-order valence-corrected chi connectivity index (χ0v) is 13.0. The fraction of sp³-hybridized carbons (Fsp3) is 0.308. The topological polar surface area (TPSA) is 77.6 Å². The molecule has 0 amide bonds. The molecule has 3 heterocycles. The molecular formula is C13H12ClN5OS. The highest BCUT2D eigenvalue weighted by Crippen LogP contribution is 2.25. The van der Waals surface area contributed by atoms with Crippen molar-refractivity contribution in [2.24, 2.45) is 0 Å². The summed E-state index contributed by atoms with van der Waals surface area (Å²) in [6, 6.07) is 0. The Morgan fingerprint density at radius 2 is 2.14 bits per heavy atom. The van der Waals surface area contributed by atoms with Crippen molar-refractivity contribution in [1.29, 1.82) is 0 Å². The maximum absolute atomic E-state index is 6.12. The van der Waals surface area contributed by atoms with Crippen molar-refractivity contribution in [2.45, 2.75) is 26.2 Å². The van der Waals surface area contributed by atoms with E-state index in [2.05, 4.69) is 25.1 Å². The Hall–Kier alpha value is -1.86. The van der Waals surface area contributed by atoms with E-state index in [1.165, 1.54) is 11.3 Å². The normalized spacial score (nSPS) is 11.2. The van der Waals surface area contributed by atoms with Gasteiger partial charge in [-0.1, -0.05) is 30.6 Å². The number of hydrogen-bond acceptors (Lipinski definition) is 7. The Bertz CT molecular complexity index is 741. The summed E-state index contributed by atoms with van der Waals surface area (Å²) in [5.74, 6) is 1.73. The van der Waals surface area contributed by atoms with Gasteiger partial charge in [-0.25, -0.2) is 15.0 Å². The smallest absolute Gasteiger partial charge is 0.278 e. The lowest BCUT2D eigenvalue weighted by Gasteiger charge is -2.04. The van der Waals surface area contributed by atoms with Gasteiger partial charge in [0.25, 0.3) is 5.89 Å². The van der Waals surface area contributed by atoms with Gasteiger partial charge < -0.3 is 4.52 Å². The summed E-state index contributed by atoms with van der Waals surface area (Å²) in [6.07, 6.45) is 2.08. The highest BCUT2D eigenvalue weighted by Gasteiger charge is 2.17. The fourth-order valence-corrected chi connectivity index (χ4v) is 2.45. The van der Waals surface area contributed by atoms with Crippen molar-refractivity contribution >= 4 is 22.9 Å². The molecule has 21 heavy (non-hydrogen) atoms. The fourth-order valence-electron chi connectivity index (χ4n) is 1.72. The Kier molecular flexibility index (Phi) is 3.94. The van der Waals surface area contributed by atoms with Crippen LogP contribution in [-0.2, 0) is 6.42 Å². The lowest BCUT2D eigenvalue weighted by molar-refractivity contribution is 0.422. The first kappa shape index (κ1) is 14.1. The molecule has 0 aliphatic rings. The minimum Gasteiger partial charge on any atom is -0.332 e. The molecule has 3 rings (SSSR count). The highest BCUT2D eigenvalue weighted by molar-refractivity contribution is 7.07. The van der Waals surface area contributed by atoms with E-state index in [0.717, 1.165) is 5.69 Å². The summed E-state index contributed by atoms with van der Waals surface area (Å²) in [7, 11) is 0. The number of rotatable bonds is 4. The van der Waals surface area contributed by atoms with Crippen LogP contribution in [0.1, 0.15) is 37.1 Å². The van der Waals surface area contributed by atoms with E-state index >= 15 is 0 Å². The molecular weight excluding hydrogens is 310 g/mol. The Balaban J connectivity index is 1.90. The van der Waals surface area contributed by atoms with E-state index in [4.69, 9.17) is 16.1 Å². The molecule has 108 valence electrons. The van der Waals surface area contributed by atoms with Gasteiger partial charge >= 0.3 is 0 Å². The molecule has 8 heteroatoms. The molecule has 0 unspecified atom stereocenters. The molecule has 6 nitrogen and oxygen atoms in total. The molecule has 0 radical (unpaired) electrons. The zero-order valence-electron chi connectivity index (χ0n) is 11.4. The van der Waals surface area contributed by atoms with Crippen LogP contribution < -0.4 is 0 Å². The first-order chi connectivity index (χ1) is 10.1. The standard InChI is InChI=1S/C13H12ClN5OS/c1-7(2)12-15-4-9(14)11(18-12)13-17-10(19-20-13)3-8-5-21-6-16-8/h4-7H,3H2,1-2H3. The SMILES string of the molecule is CC(C)c1ncc(Cl)c(-c2nc(Cc3cscn3)no2)n1. The van der Waals surface area contributed by atoms with Crippen molar-refractivity contribution in [2.75, 3.05) is 0 Å². The molecule has 0 atom stereocenters. The minimum absolute atomic E-state index is 0.193. The lowest BCUT2D eigenvalue weighted by Crippen LogP contribution is -1.99. The summed E-state index contributed by atoms with van der Waals surface area (Å²) in [6.45, 7) is 4.02. The van der Waals surface area contributed by atoms with Crippen LogP contribution in [0.3, 0.4) is 0 Å². The van der Waals surface area contributed by atoms with Crippen LogP contribution in [-0.4, -0.2) is 25.1 Å². The molecule has 0 saturated carbocycles. The third kappa shape index (κ3) is 3.08. The van der Waals surface area contributed by atoms with Crippen molar-refractivity contribution in [1.82, 2.24) is 25.1 Å². The van der Waals surface area contributed by atoms with Gasteiger partial charge in [0.15, 0.2) is 11.5 Å². The van der Waals surface area contributed by atoms with E-state index in [1.807, 2.05) is 19.2 Å². The molecule has 0 aromatic carbocycles. The number of aromatic nitrogens is 5. The second-order valence-electron chi connectivity index (χ2n) is 4.75. The third-order valence-corrected chi connectivity index (χ3v) is 3.68. The molecule has 0 bridgehead atoms. The number of halogens is 1. The summed E-state index contributed by atoms with van der Waals surface area (Å²) in [5.41, 5.74) is 3.14. The largest absolute Gasteiger partial charge is 0.332 e. The van der Waals surface area contributed by atoms with Gasteiger partial charge in [-0.05, 0) is 0 Å². The predicted octanol–water partition coefficient (Wildman–Crippen LogP) is 3.35. The summed E-state index contributed by atoms with van der Waals surface area (Å²) < 4.78 is 5.25. The second-order valence-corrected chi connectivity index (χ2v) is 5.88. The first-order valence-corrected chi connectivity index (χ1v) is 7.68. The Morgan fingerprint density at radius 1 is 1.29 bits per heavy atom. The van der Waals surface area contributed by atoms with Gasteiger partial charge in [0, 0.05) is 11.3 Å². The molecule has 0 fully saturated rings. The minimum atomic E-state index is 0.193. The molecule has 3 aromatic heterocycles. The lowest BCUT2D eigenvalue weighted by atomic mass is 10.2. The van der Waals surface area contributed by atoms with Crippen molar-refractivity contribution in [3.05, 3.63) is 39.5 Å². The number of hydrogen-bond donors (Lipinski definition) is 0. The van der Waals surface area contributed by atoms with E-state index in [9.17, 15) is 0 Å². The molecule has 3 aromatic rings. The summed E-state index contributed by atoms with van der Waals surface area (Å²) in [5, 5.41) is 6.28. The Morgan fingerprint density at radius 3 is 2.86 bits per heavy atom. The van der Waals surface area contributed by atoms with Crippen LogP contribution in [0.5, 0.6) is 0 Å². The van der Waals surface area contributed by atoms with E-state index < -0.39 is 0 Å². The maximum Gasteiger partial charge on any atom is 0.278 e.